The van der Waals surface area contributed by atoms with Crippen LogP contribution in [-0.4, -0.2) is 38.3 Å². The van der Waals surface area contributed by atoms with Crippen molar-refractivity contribution in [2.45, 2.75) is 43.9 Å². The van der Waals surface area contributed by atoms with E-state index in [2.05, 4.69) is 5.32 Å². The first-order valence-electron chi connectivity index (χ1n) is 8.35. The van der Waals surface area contributed by atoms with Gasteiger partial charge in [-0.3, -0.25) is 4.79 Å². The molecule has 0 aromatic heterocycles. The minimum atomic E-state index is -3.59. The van der Waals surface area contributed by atoms with Gasteiger partial charge in [-0.25, -0.2) is 12.8 Å². The topological polar surface area (TPSA) is 66.5 Å². The first-order valence-corrected chi connectivity index (χ1v) is 9.80. The second kappa shape index (κ2) is 6.44. The average molecular weight is 354 g/mol. The smallest absolute Gasteiger partial charge is 0.243 e. The number of carbonyl (C=O) groups is 1. The summed E-state index contributed by atoms with van der Waals surface area (Å²) >= 11 is 0. The molecule has 1 aromatic rings. The van der Waals surface area contributed by atoms with E-state index in [0.29, 0.717) is 31.6 Å². The lowest BCUT2D eigenvalue weighted by Crippen LogP contribution is -2.43. The van der Waals surface area contributed by atoms with E-state index in [0.717, 1.165) is 25.7 Å². The van der Waals surface area contributed by atoms with Crippen LogP contribution in [-0.2, 0) is 14.8 Å². The fourth-order valence-corrected chi connectivity index (χ4v) is 5.21. The molecule has 2 saturated heterocycles. The van der Waals surface area contributed by atoms with E-state index in [9.17, 15) is 17.6 Å². The summed E-state index contributed by atoms with van der Waals surface area (Å²) < 4.78 is 40.4. The Labute approximate surface area is 142 Å². The maximum absolute atomic E-state index is 13.4. The Bertz CT molecular complexity index is 740. The molecular weight excluding hydrogens is 331 g/mol. The van der Waals surface area contributed by atoms with E-state index < -0.39 is 15.8 Å². The van der Waals surface area contributed by atoms with Crippen molar-refractivity contribution in [3.05, 3.63) is 29.6 Å². The Balaban J connectivity index is 1.73. The van der Waals surface area contributed by atoms with Gasteiger partial charge in [0.1, 0.15) is 5.82 Å². The largest absolute Gasteiger partial charge is 0.356 e. The van der Waals surface area contributed by atoms with Gasteiger partial charge in [0.05, 0.1) is 4.90 Å². The normalized spacial score (nSPS) is 22.2. The Morgan fingerprint density at radius 1 is 1.17 bits per heavy atom. The average Bonchev–Trinajstić information content (AvgIpc) is 2.73. The Morgan fingerprint density at radius 2 is 1.88 bits per heavy atom. The monoisotopic (exact) mass is 354 g/mol. The number of hydrogen-bond donors (Lipinski definition) is 1. The molecule has 7 heteroatoms. The predicted octanol–water partition coefficient (Wildman–Crippen LogP) is 2.21. The van der Waals surface area contributed by atoms with Crippen LogP contribution < -0.4 is 5.32 Å². The summed E-state index contributed by atoms with van der Waals surface area (Å²) in [5, 5.41) is 2.89. The van der Waals surface area contributed by atoms with Crippen LogP contribution in [0.1, 0.15) is 37.7 Å². The van der Waals surface area contributed by atoms with Crippen molar-refractivity contribution in [3.8, 4) is 0 Å². The summed E-state index contributed by atoms with van der Waals surface area (Å²) in [6.07, 6.45) is 3.78. The Morgan fingerprint density at radius 3 is 2.54 bits per heavy atom. The molecule has 2 fully saturated rings. The quantitative estimate of drug-likeness (QED) is 0.885. The van der Waals surface area contributed by atoms with Crippen LogP contribution >= 0.6 is 0 Å². The molecule has 132 valence electrons. The Kier molecular flexibility index (Phi) is 4.66. The molecule has 2 aliphatic heterocycles. The summed E-state index contributed by atoms with van der Waals surface area (Å²) in [4.78, 5) is 11.7. The minimum absolute atomic E-state index is 0.0594. The van der Waals surface area contributed by atoms with E-state index >= 15 is 0 Å². The highest BCUT2D eigenvalue weighted by atomic mass is 32.2. The highest BCUT2D eigenvalue weighted by Gasteiger charge is 2.39. The third kappa shape index (κ3) is 3.32. The summed E-state index contributed by atoms with van der Waals surface area (Å²) in [6, 6.07) is 3.93. The third-order valence-electron chi connectivity index (χ3n) is 5.41. The summed E-state index contributed by atoms with van der Waals surface area (Å²) in [7, 11) is -3.59. The van der Waals surface area contributed by atoms with Gasteiger partial charge in [0.25, 0.3) is 0 Å². The lowest BCUT2D eigenvalue weighted by Gasteiger charge is -2.40. The van der Waals surface area contributed by atoms with Gasteiger partial charge in [0.2, 0.25) is 15.9 Å². The summed E-state index contributed by atoms with van der Waals surface area (Å²) in [6.45, 7) is 3.14. The molecule has 0 radical (unpaired) electrons. The number of aryl methyl sites for hydroxylation is 1. The maximum Gasteiger partial charge on any atom is 0.243 e. The second-order valence-electron chi connectivity index (χ2n) is 6.92. The van der Waals surface area contributed by atoms with Crippen LogP contribution in [0.2, 0.25) is 0 Å². The molecule has 3 rings (SSSR count). The van der Waals surface area contributed by atoms with Gasteiger partial charge in [-0.05, 0) is 61.8 Å². The fourth-order valence-electron chi connectivity index (χ4n) is 3.69. The molecule has 0 aliphatic carbocycles. The SMILES string of the molecule is Cc1cc(S(=O)(=O)N2CCC3(CCNC(=O)CC3)CC2)ccc1F. The van der Waals surface area contributed by atoms with Crippen LogP contribution in [0.15, 0.2) is 23.1 Å². The van der Waals surface area contributed by atoms with E-state index in [1.165, 1.54) is 22.5 Å². The lowest BCUT2D eigenvalue weighted by molar-refractivity contribution is -0.120. The van der Waals surface area contributed by atoms with Crippen LogP contribution in [0.5, 0.6) is 0 Å². The highest BCUT2D eigenvalue weighted by Crippen LogP contribution is 2.41. The summed E-state index contributed by atoms with van der Waals surface area (Å²) in [5.41, 5.74) is 0.391. The van der Waals surface area contributed by atoms with Crippen molar-refractivity contribution in [1.29, 1.82) is 0 Å². The number of amides is 1. The molecule has 5 nitrogen and oxygen atoms in total. The van der Waals surface area contributed by atoms with Gasteiger partial charge in [-0.15, -0.1) is 0 Å². The van der Waals surface area contributed by atoms with Crippen LogP contribution in [0, 0.1) is 18.2 Å². The van der Waals surface area contributed by atoms with Crippen molar-refractivity contribution in [1.82, 2.24) is 9.62 Å². The fraction of sp³-hybridized carbons (Fsp3) is 0.588. The van der Waals surface area contributed by atoms with Gasteiger partial charge in [0.15, 0.2) is 0 Å². The lowest BCUT2D eigenvalue weighted by atomic mass is 9.73. The van der Waals surface area contributed by atoms with Gasteiger partial charge >= 0.3 is 0 Å². The van der Waals surface area contributed by atoms with Crippen molar-refractivity contribution in [3.63, 3.8) is 0 Å². The van der Waals surface area contributed by atoms with Gasteiger partial charge < -0.3 is 5.32 Å². The molecule has 2 aliphatic rings. The van der Waals surface area contributed by atoms with Gasteiger partial charge in [0, 0.05) is 26.1 Å². The molecule has 0 saturated carbocycles. The zero-order valence-corrected chi connectivity index (χ0v) is 14.7. The third-order valence-corrected chi connectivity index (χ3v) is 7.30. The van der Waals surface area contributed by atoms with Crippen molar-refractivity contribution in [2.75, 3.05) is 19.6 Å². The molecule has 24 heavy (non-hydrogen) atoms. The number of nitrogens with zero attached hydrogens (tertiary/aromatic N) is 1. The highest BCUT2D eigenvalue weighted by molar-refractivity contribution is 7.89. The van der Waals surface area contributed by atoms with E-state index in [-0.39, 0.29) is 16.2 Å². The molecule has 1 amide bonds. The number of sulfonamides is 1. The van der Waals surface area contributed by atoms with E-state index in [1.54, 1.807) is 6.92 Å². The minimum Gasteiger partial charge on any atom is -0.356 e. The number of piperidine rings is 1. The first-order chi connectivity index (χ1) is 11.3. The Hall–Kier alpha value is -1.47. The molecule has 0 atom stereocenters. The molecular formula is C17H23FN2O3S. The molecule has 1 N–H and O–H groups in total. The van der Waals surface area contributed by atoms with E-state index in [1.807, 2.05) is 0 Å². The zero-order chi connectivity index (χ0) is 17.4. The first kappa shape index (κ1) is 17.4. The van der Waals surface area contributed by atoms with Gasteiger partial charge in [-0.2, -0.15) is 4.31 Å². The standard InChI is InChI=1S/C17H23FN2O3S/c1-13-12-14(2-3-15(13)18)24(22,23)20-10-7-17(8-11-20)5-4-16(21)19-9-6-17/h2-3,12H,4-11H2,1H3,(H,19,21). The number of carbonyl (C=O) groups excluding carboxylic acids is 1. The number of hydrogen-bond acceptors (Lipinski definition) is 3. The van der Waals surface area contributed by atoms with Crippen LogP contribution in [0.4, 0.5) is 4.39 Å². The van der Waals surface area contributed by atoms with Gasteiger partial charge in [-0.1, -0.05) is 0 Å². The molecule has 0 unspecified atom stereocenters. The van der Waals surface area contributed by atoms with Crippen LogP contribution in [0.3, 0.4) is 0 Å². The van der Waals surface area contributed by atoms with Crippen LogP contribution in [0.25, 0.3) is 0 Å². The number of halogens is 1. The number of rotatable bonds is 2. The molecule has 0 bridgehead atoms. The van der Waals surface area contributed by atoms with Crippen molar-refractivity contribution >= 4 is 15.9 Å². The molecule has 2 heterocycles. The zero-order valence-electron chi connectivity index (χ0n) is 13.8. The predicted molar refractivity (Wildman–Crippen MR) is 88.4 cm³/mol. The molecule has 1 aromatic carbocycles. The number of nitrogens with one attached hydrogen (secondary N) is 1. The van der Waals surface area contributed by atoms with Crippen molar-refractivity contribution in [2.24, 2.45) is 5.41 Å². The number of benzene rings is 1. The van der Waals surface area contributed by atoms with Crippen molar-refractivity contribution < 1.29 is 17.6 Å². The maximum atomic E-state index is 13.4. The molecule has 1 spiro atoms. The second-order valence-corrected chi connectivity index (χ2v) is 8.85. The summed E-state index contributed by atoms with van der Waals surface area (Å²) in [5.74, 6) is -0.314. The van der Waals surface area contributed by atoms with E-state index in [4.69, 9.17) is 0 Å².